The van der Waals surface area contributed by atoms with Crippen molar-refractivity contribution in [2.24, 2.45) is 0 Å². The predicted octanol–water partition coefficient (Wildman–Crippen LogP) is 3.18. The predicted molar refractivity (Wildman–Crippen MR) is 81.8 cm³/mol. The number of ether oxygens (including phenoxy) is 1. The molecule has 0 bridgehead atoms. The van der Waals surface area contributed by atoms with Crippen LogP contribution >= 0.6 is 0 Å². The van der Waals surface area contributed by atoms with Crippen molar-refractivity contribution in [2.75, 3.05) is 11.9 Å². The van der Waals surface area contributed by atoms with E-state index in [-0.39, 0.29) is 18.0 Å². The van der Waals surface area contributed by atoms with Gasteiger partial charge in [0.2, 0.25) is 0 Å². The number of nitrogens with zero attached hydrogens (tertiary/aromatic N) is 1. The normalized spacial score (nSPS) is 9.82. The number of amides is 1. The molecule has 0 aliphatic carbocycles. The van der Waals surface area contributed by atoms with Crippen LogP contribution in [0.3, 0.4) is 0 Å². The number of carboxylic acids is 1. The Morgan fingerprint density at radius 2 is 2.05 bits per heavy atom. The number of carboxylic acid groups (broad SMARTS) is 1. The fourth-order valence-electron chi connectivity index (χ4n) is 1.79. The molecule has 1 aromatic carbocycles. The number of nitrogens with one attached hydrogen (secondary N) is 1. The standard InChI is InChI=1S/C16H14N2O4/c1-2-8-22-16(21)18-14-13(11-6-4-3-5-7-11)9-12(10-17-14)15(19)20/h2-7,9-10H,1,8H2,(H,19,20)(H,17,18,21). The smallest absolute Gasteiger partial charge is 0.413 e. The van der Waals surface area contributed by atoms with Crippen LogP contribution in [0.5, 0.6) is 0 Å². The Morgan fingerprint density at radius 3 is 2.68 bits per heavy atom. The highest BCUT2D eigenvalue weighted by Crippen LogP contribution is 2.27. The Morgan fingerprint density at radius 1 is 1.32 bits per heavy atom. The van der Waals surface area contributed by atoms with Crippen molar-refractivity contribution in [3.63, 3.8) is 0 Å². The number of aromatic nitrogens is 1. The quantitative estimate of drug-likeness (QED) is 0.828. The van der Waals surface area contributed by atoms with E-state index >= 15 is 0 Å². The van der Waals surface area contributed by atoms with Crippen molar-refractivity contribution in [1.29, 1.82) is 0 Å². The summed E-state index contributed by atoms with van der Waals surface area (Å²) in [5.74, 6) is -0.865. The molecule has 2 rings (SSSR count). The van der Waals surface area contributed by atoms with Gasteiger partial charge in [-0.25, -0.2) is 14.6 Å². The van der Waals surface area contributed by atoms with Crippen LogP contribution < -0.4 is 5.32 Å². The van der Waals surface area contributed by atoms with Crippen LogP contribution in [0.4, 0.5) is 10.6 Å². The molecule has 0 saturated carbocycles. The van der Waals surface area contributed by atoms with E-state index in [0.29, 0.717) is 5.56 Å². The number of rotatable bonds is 5. The summed E-state index contributed by atoms with van der Waals surface area (Å²) in [5, 5.41) is 11.6. The first-order valence-electron chi connectivity index (χ1n) is 6.45. The lowest BCUT2D eigenvalue weighted by molar-refractivity contribution is 0.0696. The summed E-state index contributed by atoms with van der Waals surface area (Å²) in [6.45, 7) is 3.52. The first-order valence-corrected chi connectivity index (χ1v) is 6.45. The third-order valence-corrected chi connectivity index (χ3v) is 2.77. The van der Waals surface area contributed by atoms with Crippen LogP contribution in [0.15, 0.2) is 55.3 Å². The van der Waals surface area contributed by atoms with E-state index in [1.54, 1.807) is 12.1 Å². The molecule has 0 atom stereocenters. The van der Waals surface area contributed by atoms with Gasteiger partial charge in [0, 0.05) is 11.8 Å². The number of anilines is 1. The van der Waals surface area contributed by atoms with Crippen LogP contribution in [0.1, 0.15) is 10.4 Å². The number of pyridine rings is 1. The molecule has 0 saturated heterocycles. The zero-order valence-electron chi connectivity index (χ0n) is 11.7. The zero-order valence-corrected chi connectivity index (χ0v) is 11.7. The molecule has 0 radical (unpaired) electrons. The number of hydrogen-bond donors (Lipinski definition) is 2. The van der Waals surface area contributed by atoms with E-state index in [1.165, 1.54) is 18.3 Å². The molecule has 22 heavy (non-hydrogen) atoms. The van der Waals surface area contributed by atoms with Gasteiger partial charge in [0.15, 0.2) is 0 Å². The second kappa shape index (κ2) is 7.03. The van der Waals surface area contributed by atoms with Crippen molar-refractivity contribution < 1.29 is 19.4 Å². The van der Waals surface area contributed by atoms with E-state index in [0.717, 1.165) is 5.56 Å². The maximum Gasteiger partial charge on any atom is 0.413 e. The van der Waals surface area contributed by atoms with Gasteiger partial charge >= 0.3 is 12.1 Å². The molecule has 6 heteroatoms. The van der Waals surface area contributed by atoms with Crippen molar-refractivity contribution >= 4 is 17.9 Å². The van der Waals surface area contributed by atoms with Gasteiger partial charge in [-0.2, -0.15) is 0 Å². The second-order valence-corrected chi connectivity index (χ2v) is 4.30. The molecule has 0 aliphatic heterocycles. The summed E-state index contributed by atoms with van der Waals surface area (Å²) < 4.78 is 4.84. The first kappa shape index (κ1) is 15.2. The average Bonchev–Trinajstić information content (AvgIpc) is 2.54. The van der Waals surface area contributed by atoms with Crippen molar-refractivity contribution in [2.45, 2.75) is 0 Å². The summed E-state index contributed by atoms with van der Waals surface area (Å²) in [7, 11) is 0. The van der Waals surface area contributed by atoms with E-state index < -0.39 is 12.1 Å². The number of benzene rings is 1. The molecule has 6 nitrogen and oxygen atoms in total. The minimum atomic E-state index is -1.09. The van der Waals surface area contributed by atoms with Crippen molar-refractivity contribution in [3.8, 4) is 11.1 Å². The Hall–Kier alpha value is -3.15. The number of aromatic carboxylic acids is 1. The molecule has 0 fully saturated rings. The number of carbonyl (C=O) groups is 2. The highest BCUT2D eigenvalue weighted by Gasteiger charge is 2.14. The topological polar surface area (TPSA) is 88.5 Å². The van der Waals surface area contributed by atoms with Gasteiger partial charge in [0.1, 0.15) is 12.4 Å². The van der Waals surface area contributed by atoms with Gasteiger partial charge in [-0.05, 0) is 11.6 Å². The van der Waals surface area contributed by atoms with Crippen LogP contribution in [-0.2, 0) is 4.74 Å². The van der Waals surface area contributed by atoms with Gasteiger partial charge in [-0.3, -0.25) is 5.32 Å². The second-order valence-electron chi connectivity index (χ2n) is 4.30. The SMILES string of the molecule is C=CCOC(=O)Nc1ncc(C(=O)O)cc1-c1ccccc1. The van der Waals surface area contributed by atoms with Gasteiger partial charge < -0.3 is 9.84 Å². The first-order chi connectivity index (χ1) is 10.6. The lowest BCUT2D eigenvalue weighted by Crippen LogP contribution is -2.15. The maximum absolute atomic E-state index is 11.6. The van der Waals surface area contributed by atoms with E-state index in [4.69, 9.17) is 9.84 Å². The Bertz CT molecular complexity index is 699. The third kappa shape index (κ3) is 3.69. The highest BCUT2D eigenvalue weighted by atomic mass is 16.5. The molecule has 0 unspecified atom stereocenters. The van der Waals surface area contributed by atoms with Gasteiger partial charge in [0.05, 0.1) is 5.56 Å². The maximum atomic E-state index is 11.6. The number of hydrogen-bond acceptors (Lipinski definition) is 4. The molecule has 0 spiro atoms. The summed E-state index contributed by atoms with van der Waals surface area (Å²) in [6, 6.07) is 10.5. The van der Waals surface area contributed by atoms with Crippen LogP contribution in [-0.4, -0.2) is 28.8 Å². The highest BCUT2D eigenvalue weighted by molar-refractivity contribution is 5.94. The molecule has 1 heterocycles. The monoisotopic (exact) mass is 298 g/mol. The largest absolute Gasteiger partial charge is 0.478 e. The fourth-order valence-corrected chi connectivity index (χ4v) is 1.79. The lowest BCUT2D eigenvalue weighted by atomic mass is 10.0. The fraction of sp³-hybridized carbons (Fsp3) is 0.0625. The molecular weight excluding hydrogens is 284 g/mol. The summed E-state index contributed by atoms with van der Waals surface area (Å²) in [5.41, 5.74) is 1.26. The summed E-state index contributed by atoms with van der Waals surface area (Å²) in [4.78, 5) is 26.7. The van der Waals surface area contributed by atoms with Gasteiger partial charge in [-0.15, -0.1) is 0 Å². The Kier molecular flexibility index (Phi) is 4.87. The average molecular weight is 298 g/mol. The third-order valence-electron chi connectivity index (χ3n) is 2.77. The molecule has 2 aromatic rings. The molecular formula is C16H14N2O4. The summed E-state index contributed by atoms with van der Waals surface area (Å²) in [6.07, 6.45) is 1.93. The number of carbonyl (C=O) groups excluding carboxylic acids is 1. The van der Waals surface area contributed by atoms with Crippen molar-refractivity contribution in [1.82, 2.24) is 4.98 Å². The Balaban J connectivity index is 2.38. The van der Waals surface area contributed by atoms with Crippen LogP contribution in [0.25, 0.3) is 11.1 Å². The molecule has 1 aromatic heterocycles. The van der Waals surface area contributed by atoms with Gasteiger partial charge in [0.25, 0.3) is 0 Å². The zero-order chi connectivity index (χ0) is 15.9. The van der Waals surface area contributed by atoms with E-state index in [2.05, 4.69) is 16.9 Å². The minimum absolute atomic E-state index is 0.0314. The molecule has 2 N–H and O–H groups in total. The van der Waals surface area contributed by atoms with Crippen LogP contribution in [0, 0.1) is 0 Å². The Labute approximate surface area is 127 Å². The van der Waals surface area contributed by atoms with E-state index in [1.807, 2.05) is 18.2 Å². The van der Waals surface area contributed by atoms with Gasteiger partial charge in [-0.1, -0.05) is 43.0 Å². The molecule has 0 aliphatic rings. The minimum Gasteiger partial charge on any atom is -0.478 e. The summed E-state index contributed by atoms with van der Waals surface area (Å²) >= 11 is 0. The van der Waals surface area contributed by atoms with E-state index in [9.17, 15) is 9.59 Å². The van der Waals surface area contributed by atoms with Crippen LogP contribution in [0.2, 0.25) is 0 Å². The molecule has 112 valence electrons. The molecule has 1 amide bonds. The lowest BCUT2D eigenvalue weighted by Gasteiger charge is -2.11. The van der Waals surface area contributed by atoms with Crippen molar-refractivity contribution in [3.05, 3.63) is 60.8 Å².